The largest absolute Gasteiger partial charge is 0.328 e. The summed E-state index contributed by atoms with van der Waals surface area (Å²) >= 11 is 5.82. The van der Waals surface area contributed by atoms with Gasteiger partial charge in [-0.2, -0.15) is 0 Å². The molecule has 0 saturated heterocycles. The fourth-order valence-corrected chi connectivity index (χ4v) is 2.87. The van der Waals surface area contributed by atoms with Crippen LogP contribution in [0, 0.1) is 11.6 Å². The molecule has 140 valence electrons. The number of carbonyl (C=O) groups is 1. The third kappa shape index (κ3) is 3.78. The average molecular weight is 392 g/mol. The number of halogens is 3. The predicted molar refractivity (Wildman–Crippen MR) is 101 cm³/mol. The van der Waals surface area contributed by atoms with Crippen molar-refractivity contribution < 1.29 is 13.6 Å². The standard InChI is InChI=1S/C19H16ClF2N3O2/c1-10(25(2)19(27)24-12-5-3-11(20)4-6-12)15-9-23-18(26)14-8-17(22)16(21)7-13(14)15/h3-10H,1-2H3,(H,23,26)(H,24,27)/t10-/m1/s1. The van der Waals surface area contributed by atoms with Gasteiger partial charge in [0, 0.05) is 24.0 Å². The van der Waals surface area contributed by atoms with E-state index in [1.807, 2.05) is 0 Å². The molecule has 8 heteroatoms. The van der Waals surface area contributed by atoms with Gasteiger partial charge in [-0.05, 0) is 54.3 Å². The van der Waals surface area contributed by atoms with Crippen LogP contribution < -0.4 is 10.9 Å². The van der Waals surface area contributed by atoms with Crippen molar-refractivity contribution in [2.75, 3.05) is 12.4 Å². The number of nitrogens with one attached hydrogen (secondary N) is 2. The number of rotatable bonds is 3. The minimum atomic E-state index is -1.10. The van der Waals surface area contributed by atoms with E-state index in [2.05, 4.69) is 10.3 Å². The summed E-state index contributed by atoms with van der Waals surface area (Å²) in [6, 6.07) is 7.50. The van der Waals surface area contributed by atoms with E-state index in [1.165, 1.54) is 11.1 Å². The van der Waals surface area contributed by atoms with Crippen LogP contribution in [0.1, 0.15) is 18.5 Å². The molecule has 2 N–H and O–H groups in total. The molecule has 3 rings (SSSR count). The highest BCUT2D eigenvalue weighted by Gasteiger charge is 2.21. The zero-order chi connectivity index (χ0) is 19.7. The summed E-state index contributed by atoms with van der Waals surface area (Å²) in [6.07, 6.45) is 1.40. The SMILES string of the molecule is C[C@H](c1c[nH]c(=O)c2cc(F)c(F)cc12)N(C)C(=O)Nc1ccc(Cl)cc1. The van der Waals surface area contributed by atoms with Crippen LogP contribution in [0.4, 0.5) is 19.3 Å². The summed E-state index contributed by atoms with van der Waals surface area (Å²) in [4.78, 5) is 28.3. The third-order valence-electron chi connectivity index (χ3n) is 4.42. The van der Waals surface area contributed by atoms with Gasteiger partial charge in [0.15, 0.2) is 11.6 Å². The van der Waals surface area contributed by atoms with Gasteiger partial charge in [0.25, 0.3) is 5.56 Å². The highest BCUT2D eigenvalue weighted by Crippen LogP contribution is 2.27. The van der Waals surface area contributed by atoms with Crippen LogP contribution in [0.2, 0.25) is 5.02 Å². The molecule has 0 fully saturated rings. The Morgan fingerprint density at radius 2 is 1.74 bits per heavy atom. The smallest absolute Gasteiger partial charge is 0.322 e. The lowest BCUT2D eigenvalue weighted by Gasteiger charge is -2.26. The lowest BCUT2D eigenvalue weighted by atomic mass is 10.0. The van der Waals surface area contributed by atoms with E-state index in [1.54, 1.807) is 38.2 Å². The summed E-state index contributed by atoms with van der Waals surface area (Å²) < 4.78 is 27.2. The van der Waals surface area contributed by atoms with Crippen LogP contribution in [0.5, 0.6) is 0 Å². The number of nitrogens with zero attached hydrogens (tertiary/aromatic N) is 1. The van der Waals surface area contributed by atoms with E-state index in [0.717, 1.165) is 12.1 Å². The van der Waals surface area contributed by atoms with Crippen molar-refractivity contribution in [1.82, 2.24) is 9.88 Å². The fraction of sp³-hybridized carbons (Fsp3) is 0.158. The summed E-state index contributed by atoms with van der Waals surface area (Å²) in [5.41, 5.74) is 0.508. The molecule has 0 aliphatic heterocycles. The molecule has 3 aromatic rings. The summed E-state index contributed by atoms with van der Waals surface area (Å²) in [6.45, 7) is 1.72. The molecular formula is C19H16ClF2N3O2. The Labute approximate surface area is 158 Å². The normalized spacial score (nSPS) is 12.0. The second kappa shape index (κ2) is 7.36. The van der Waals surface area contributed by atoms with Crippen molar-refractivity contribution in [3.63, 3.8) is 0 Å². The van der Waals surface area contributed by atoms with Crippen molar-refractivity contribution >= 4 is 34.1 Å². The molecule has 0 aliphatic carbocycles. The van der Waals surface area contributed by atoms with Gasteiger partial charge >= 0.3 is 6.03 Å². The average Bonchev–Trinajstić information content (AvgIpc) is 2.64. The van der Waals surface area contributed by atoms with E-state index in [4.69, 9.17) is 11.6 Å². The summed E-state index contributed by atoms with van der Waals surface area (Å²) in [5, 5.41) is 3.53. The number of H-pyrrole nitrogens is 1. The van der Waals surface area contributed by atoms with Gasteiger partial charge in [-0.3, -0.25) is 4.79 Å². The molecule has 0 radical (unpaired) electrons. The lowest BCUT2D eigenvalue weighted by Crippen LogP contribution is -2.34. The van der Waals surface area contributed by atoms with Crippen LogP contribution >= 0.6 is 11.6 Å². The fourth-order valence-electron chi connectivity index (χ4n) is 2.75. The predicted octanol–water partition coefficient (Wildman–Crippen LogP) is 4.68. The number of fused-ring (bicyclic) bond motifs is 1. The Balaban J connectivity index is 1.92. The first-order valence-electron chi connectivity index (χ1n) is 8.07. The van der Waals surface area contributed by atoms with Gasteiger partial charge < -0.3 is 15.2 Å². The number of pyridine rings is 1. The van der Waals surface area contributed by atoms with Gasteiger partial charge in [-0.1, -0.05) is 11.6 Å². The Kier molecular flexibility index (Phi) is 5.14. The first-order chi connectivity index (χ1) is 12.8. The third-order valence-corrected chi connectivity index (χ3v) is 4.67. The van der Waals surface area contributed by atoms with E-state index in [9.17, 15) is 18.4 Å². The maximum absolute atomic E-state index is 13.7. The number of aromatic nitrogens is 1. The summed E-state index contributed by atoms with van der Waals surface area (Å²) in [5.74, 6) is -2.17. The van der Waals surface area contributed by atoms with Crippen molar-refractivity contribution in [3.05, 3.63) is 75.2 Å². The van der Waals surface area contributed by atoms with E-state index in [0.29, 0.717) is 16.3 Å². The second-order valence-electron chi connectivity index (χ2n) is 6.11. The molecule has 0 bridgehead atoms. The van der Waals surface area contributed by atoms with Gasteiger partial charge in [0.1, 0.15) is 0 Å². The highest BCUT2D eigenvalue weighted by atomic mass is 35.5. The van der Waals surface area contributed by atoms with Crippen LogP contribution in [0.15, 0.2) is 47.4 Å². The number of urea groups is 1. The second-order valence-corrected chi connectivity index (χ2v) is 6.55. The topological polar surface area (TPSA) is 65.2 Å². The van der Waals surface area contributed by atoms with Crippen LogP contribution in [0.3, 0.4) is 0 Å². The molecule has 0 saturated carbocycles. The molecular weight excluding hydrogens is 376 g/mol. The zero-order valence-electron chi connectivity index (χ0n) is 14.5. The molecule has 1 atom stereocenters. The Hall–Kier alpha value is -2.93. The van der Waals surface area contributed by atoms with Crippen LogP contribution in [0.25, 0.3) is 10.8 Å². The summed E-state index contributed by atoms with van der Waals surface area (Å²) in [7, 11) is 1.56. The van der Waals surface area contributed by atoms with Crippen molar-refractivity contribution in [1.29, 1.82) is 0 Å². The Morgan fingerprint density at radius 1 is 1.15 bits per heavy atom. The monoisotopic (exact) mass is 391 g/mol. The number of carbonyl (C=O) groups excluding carboxylic acids is 1. The maximum atomic E-state index is 13.7. The minimum Gasteiger partial charge on any atom is -0.328 e. The van der Waals surface area contributed by atoms with E-state index >= 15 is 0 Å². The highest BCUT2D eigenvalue weighted by molar-refractivity contribution is 6.30. The zero-order valence-corrected chi connectivity index (χ0v) is 15.3. The Morgan fingerprint density at radius 3 is 2.37 bits per heavy atom. The number of hydrogen-bond donors (Lipinski definition) is 2. The molecule has 0 spiro atoms. The van der Waals surface area contributed by atoms with E-state index < -0.39 is 29.3 Å². The molecule has 1 heterocycles. The number of amides is 2. The van der Waals surface area contributed by atoms with Crippen molar-refractivity contribution in [2.24, 2.45) is 0 Å². The first kappa shape index (κ1) is 18.8. The molecule has 0 aliphatic rings. The molecule has 2 aromatic carbocycles. The Bertz CT molecular complexity index is 1070. The van der Waals surface area contributed by atoms with Crippen LogP contribution in [-0.2, 0) is 0 Å². The van der Waals surface area contributed by atoms with Gasteiger partial charge in [-0.15, -0.1) is 0 Å². The van der Waals surface area contributed by atoms with Gasteiger partial charge in [0.2, 0.25) is 0 Å². The number of anilines is 1. The molecule has 1 aromatic heterocycles. The number of aromatic amines is 1. The molecule has 2 amide bonds. The lowest BCUT2D eigenvalue weighted by molar-refractivity contribution is 0.208. The van der Waals surface area contributed by atoms with Crippen molar-refractivity contribution in [2.45, 2.75) is 13.0 Å². The van der Waals surface area contributed by atoms with Crippen molar-refractivity contribution in [3.8, 4) is 0 Å². The van der Waals surface area contributed by atoms with Gasteiger partial charge in [-0.25, -0.2) is 13.6 Å². The molecule has 5 nitrogen and oxygen atoms in total. The van der Waals surface area contributed by atoms with E-state index in [-0.39, 0.29) is 10.8 Å². The minimum absolute atomic E-state index is 0.0183. The molecule has 27 heavy (non-hydrogen) atoms. The maximum Gasteiger partial charge on any atom is 0.322 e. The number of benzene rings is 2. The quantitative estimate of drug-likeness (QED) is 0.680. The molecule has 0 unspecified atom stereocenters. The van der Waals surface area contributed by atoms with Crippen LogP contribution in [-0.4, -0.2) is 23.0 Å². The number of hydrogen-bond acceptors (Lipinski definition) is 2. The first-order valence-corrected chi connectivity index (χ1v) is 8.45. The van der Waals surface area contributed by atoms with Gasteiger partial charge in [0.05, 0.1) is 11.4 Å².